The van der Waals surface area contributed by atoms with Gasteiger partial charge < -0.3 is 15.0 Å². The van der Waals surface area contributed by atoms with Crippen LogP contribution in [0.25, 0.3) is 0 Å². The Morgan fingerprint density at radius 2 is 1.95 bits per heavy atom. The second kappa shape index (κ2) is 6.00. The Morgan fingerprint density at radius 3 is 2.62 bits per heavy atom. The molecule has 6 nitrogen and oxygen atoms in total. The van der Waals surface area contributed by atoms with Gasteiger partial charge in [-0.25, -0.2) is 9.18 Å². The minimum absolute atomic E-state index is 0.0709. The smallest absolute Gasteiger partial charge is 0.337 e. The molecule has 0 bridgehead atoms. The topological polar surface area (TPSA) is 88.3 Å². The van der Waals surface area contributed by atoms with E-state index in [4.69, 9.17) is 0 Å². The number of hydrogen-bond donors (Lipinski definition) is 2. The van der Waals surface area contributed by atoms with Gasteiger partial charge in [-0.3, -0.25) is 9.59 Å². The second-order valence-electron chi connectivity index (χ2n) is 4.08. The zero-order chi connectivity index (χ0) is 15.4. The number of anilines is 1. The van der Waals surface area contributed by atoms with Crippen LogP contribution in [0.3, 0.4) is 0 Å². The molecular formula is C14H11FN2O4. The van der Waals surface area contributed by atoms with Crippen LogP contribution in [0.2, 0.25) is 0 Å². The molecule has 2 N–H and O–H groups in total. The summed E-state index contributed by atoms with van der Waals surface area (Å²) in [6.45, 7) is 0. The molecule has 0 aliphatic rings. The van der Waals surface area contributed by atoms with Gasteiger partial charge in [0.25, 0.3) is 5.91 Å². The first kappa shape index (κ1) is 14.4. The Morgan fingerprint density at radius 1 is 1.19 bits per heavy atom. The van der Waals surface area contributed by atoms with Crippen LogP contribution in [0.1, 0.15) is 20.7 Å². The van der Waals surface area contributed by atoms with Gasteiger partial charge in [0.05, 0.1) is 18.4 Å². The first-order chi connectivity index (χ1) is 10.0. The Labute approximate surface area is 118 Å². The minimum atomic E-state index is -0.708. The number of nitrogens with one attached hydrogen (secondary N) is 2. The molecule has 1 amide bonds. The van der Waals surface area contributed by atoms with E-state index in [-0.39, 0.29) is 16.8 Å². The van der Waals surface area contributed by atoms with E-state index in [0.29, 0.717) is 0 Å². The normalized spacial score (nSPS) is 10.0. The number of carbonyl (C=O) groups excluding carboxylic acids is 2. The highest BCUT2D eigenvalue weighted by molar-refractivity contribution is 6.04. The van der Waals surface area contributed by atoms with Crippen molar-refractivity contribution in [1.82, 2.24) is 4.98 Å². The third-order valence-corrected chi connectivity index (χ3v) is 2.67. The van der Waals surface area contributed by atoms with Crippen LogP contribution in [0.15, 0.2) is 41.3 Å². The lowest BCUT2D eigenvalue weighted by Gasteiger charge is -2.08. The largest absolute Gasteiger partial charge is 0.465 e. The van der Waals surface area contributed by atoms with Crippen LogP contribution in [-0.2, 0) is 4.74 Å². The van der Waals surface area contributed by atoms with Crippen molar-refractivity contribution in [3.05, 3.63) is 63.8 Å². The van der Waals surface area contributed by atoms with Gasteiger partial charge in [0, 0.05) is 17.8 Å². The maximum Gasteiger partial charge on any atom is 0.337 e. The van der Waals surface area contributed by atoms with E-state index in [2.05, 4.69) is 15.0 Å². The molecule has 0 unspecified atom stereocenters. The number of methoxy groups -OCH3 is 1. The first-order valence-corrected chi connectivity index (χ1v) is 5.89. The number of H-pyrrole nitrogens is 1. The van der Waals surface area contributed by atoms with Crippen molar-refractivity contribution in [2.45, 2.75) is 0 Å². The molecule has 0 aliphatic carbocycles. The van der Waals surface area contributed by atoms with Gasteiger partial charge in [-0.15, -0.1) is 0 Å². The summed E-state index contributed by atoms with van der Waals surface area (Å²) in [5.41, 5.74) is -0.462. The standard InChI is InChI=1S/C14H11FN2O4/c1-21-14(20)9-2-3-10(15)11(6-9)17-13(19)8-4-5-16-12(18)7-8/h2-7H,1H3,(H,16,18)(H,17,19). The average molecular weight is 290 g/mol. The molecule has 1 aromatic carbocycles. The van der Waals surface area contributed by atoms with Crippen molar-refractivity contribution < 1.29 is 18.7 Å². The molecule has 0 fully saturated rings. The van der Waals surface area contributed by atoms with E-state index in [0.717, 1.165) is 18.2 Å². The summed E-state index contributed by atoms with van der Waals surface area (Å²) in [4.78, 5) is 36.8. The summed E-state index contributed by atoms with van der Waals surface area (Å²) in [6.07, 6.45) is 1.30. The molecule has 21 heavy (non-hydrogen) atoms. The molecule has 2 aromatic rings. The summed E-state index contributed by atoms with van der Waals surface area (Å²) in [5.74, 6) is -2.02. The third-order valence-electron chi connectivity index (χ3n) is 2.67. The Balaban J connectivity index is 2.28. The molecule has 0 saturated carbocycles. The first-order valence-electron chi connectivity index (χ1n) is 5.89. The van der Waals surface area contributed by atoms with E-state index in [9.17, 15) is 18.8 Å². The van der Waals surface area contributed by atoms with Crippen LogP contribution in [-0.4, -0.2) is 24.0 Å². The zero-order valence-electron chi connectivity index (χ0n) is 11.0. The van der Waals surface area contributed by atoms with Crippen molar-refractivity contribution in [2.24, 2.45) is 0 Å². The number of rotatable bonds is 3. The SMILES string of the molecule is COC(=O)c1ccc(F)c(NC(=O)c2cc[nH]c(=O)c2)c1. The third kappa shape index (κ3) is 3.33. The van der Waals surface area contributed by atoms with Crippen molar-refractivity contribution in [1.29, 1.82) is 0 Å². The highest BCUT2D eigenvalue weighted by Gasteiger charge is 2.13. The predicted molar refractivity (Wildman–Crippen MR) is 72.8 cm³/mol. The van der Waals surface area contributed by atoms with Gasteiger partial charge in [-0.1, -0.05) is 0 Å². The Kier molecular flexibility index (Phi) is 4.13. The number of halogens is 1. The monoisotopic (exact) mass is 290 g/mol. The van der Waals surface area contributed by atoms with Gasteiger partial charge in [0.15, 0.2) is 0 Å². The number of ether oxygens (including phenoxy) is 1. The Bertz CT molecular complexity index is 755. The fourth-order valence-corrected chi connectivity index (χ4v) is 1.65. The van der Waals surface area contributed by atoms with E-state index in [1.807, 2.05) is 0 Å². The fraction of sp³-hybridized carbons (Fsp3) is 0.0714. The lowest BCUT2D eigenvalue weighted by atomic mass is 10.2. The Hall–Kier alpha value is -2.96. The average Bonchev–Trinajstić information content (AvgIpc) is 2.48. The van der Waals surface area contributed by atoms with Crippen LogP contribution in [0.5, 0.6) is 0 Å². The van der Waals surface area contributed by atoms with E-state index >= 15 is 0 Å². The van der Waals surface area contributed by atoms with Crippen molar-refractivity contribution in [3.63, 3.8) is 0 Å². The molecular weight excluding hydrogens is 279 g/mol. The van der Waals surface area contributed by atoms with Crippen LogP contribution in [0, 0.1) is 5.82 Å². The maximum atomic E-state index is 13.7. The lowest BCUT2D eigenvalue weighted by Crippen LogP contribution is -2.16. The summed E-state index contributed by atoms with van der Waals surface area (Å²) in [5, 5.41) is 2.30. The fourth-order valence-electron chi connectivity index (χ4n) is 1.65. The number of benzene rings is 1. The zero-order valence-corrected chi connectivity index (χ0v) is 11.0. The summed E-state index contributed by atoms with van der Waals surface area (Å²) >= 11 is 0. The lowest BCUT2D eigenvalue weighted by molar-refractivity contribution is 0.0600. The van der Waals surface area contributed by atoms with Gasteiger partial charge >= 0.3 is 5.97 Å². The second-order valence-corrected chi connectivity index (χ2v) is 4.08. The number of amides is 1. The summed E-state index contributed by atoms with van der Waals surface area (Å²) in [7, 11) is 1.19. The van der Waals surface area contributed by atoms with Crippen molar-refractivity contribution >= 4 is 17.6 Å². The molecule has 1 heterocycles. The number of hydrogen-bond acceptors (Lipinski definition) is 4. The molecule has 2 rings (SSSR count). The van der Waals surface area contributed by atoms with E-state index in [1.165, 1.54) is 25.4 Å². The summed E-state index contributed by atoms with van der Waals surface area (Å²) in [6, 6.07) is 5.89. The van der Waals surface area contributed by atoms with Gasteiger partial charge in [-0.05, 0) is 24.3 Å². The molecule has 0 aliphatic heterocycles. The molecule has 0 saturated heterocycles. The van der Waals surface area contributed by atoms with Gasteiger partial charge in [0.2, 0.25) is 5.56 Å². The molecule has 7 heteroatoms. The highest BCUT2D eigenvalue weighted by atomic mass is 19.1. The van der Waals surface area contributed by atoms with Crippen LogP contribution < -0.4 is 10.9 Å². The maximum absolute atomic E-state index is 13.7. The minimum Gasteiger partial charge on any atom is -0.465 e. The van der Waals surface area contributed by atoms with Gasteiger partial charge in [-0.2, -0.15) is 0 Å². The van der Waals surface area contributed by atoms with Crippen molar-refractivity contribution in [2.75, 3.05) is 12.4 Å². The van der Waals surface area contributed by atoms with Crippen LogP contribution >= 0.6 is 0 Å². The molecule has 0 atom stereocenters. The van der Waals surface area contributed by atoms with E-state index in [1.54, 1.807) is 0 Å². The molecule has 1 aromatic heterocycles. The quantitative estimate of drug-likeness (QED) is 0.839. The molecule has 0 spiro atoms. The number of esters is 1. The predicted octanol–water partition coefficient (Wildman–Crippen LogP) is 1.55. The van der Waals surface area contributed by atoms with Crippen molar-refractivity contribution in [3.8, 4) is 0 Å². The number of carbonyl (C=O) groups is 2. The van der Waals surface area contributed by atoms with Gasteiger partial charge in [0.1, 0.15) is 5.82 Å². The van der Waals surface area contributed by atoms with E-state index < -0.39 is 23.3 Å². The number of aromatic nitrogens is 1. The highest BCUT2D eigenvalue weighted by Crippen LogP contribution is 2.17. The molecule has 108 valence electrons. The number of pyridine rings is 1. The van der Waals surface area contributed by atoms with Crippen LogP contribution in [0.4, 0.5) is 10.1 Å². The summed E-state index contributed by atoms with van der Waals surface area (Å²) < 4.78 is 18.2. The molecule has 0 radical (unpaired) electrons. The number of aromatic amines is 1.